The Balaban J connectivity index is 3.22. The first-order valence-electron chi connectivity index (χ1n) is 3.84. The van der Waals surface area contributed by atoms with Gasteiger partial charge in [-0.05, 0) is 0 Å². The van der Waals surface area contributed by atoms with Crippen molar-refractivity contribution in [3.05, 3.63) is 0 Å². The molecule has 0 amide bonds. The van der Waals surface area contributed by atoms with E-state index in [1.807, 2.05) is 0 Å². The van der Waals surface area contributed by atoms with Crippen LogP contribution in [0.2, 0.25) is 0 Å². The van der Waals surface area contributed by atoms with Crippen LogP contribution in [0.15, 0.2) is 0 Å². The molecule has 1 aliphatic rings. The van der Waals surface area contributed by atoms with Crippen LogP contribution < -0.4 is 0 Å². The summed E-state index contributed by atoms with van der Waals surface area (Å²) in [5.41, 5.74) is 0. The Morgan fingerprint density at radius 2 is 1.11 bits per heavy atom. The zero-order valence-corrected chi connectivity index (χ0v) is 7.64. The van der Waals surface area contributed by atoms with Crippen LogP contribution in [0.1, 0.15) is 0 Å². The molecule has 0 N–H and O–H groups in total. The number of epoxide rings is 1. The molecular formula is C6HF11O. The average Bonchev–Trinajstić information content (AvgIpc) is 2.73. The van der Waals surface area contributed by atoms with Gasteiger partial charge in [-0.2, -0.15) is 43.9 Å². The highest BCUT2D eigenvalue weighted by molar-refractivity contribution is 5.12. The Bertz CT molecular complexity index is 346. The van der Waals surface area contributed by atoms with Gasteiger partial charge in [0, 0.05) is 0 Å². The first kappa shape index (κ1) is 15.2. The predicted octanol–water partition coefficient (Wildman–Crippen LogP) is 3.45. The second-order valence-corrected chi connectivity index (χ2v) is 3.30. The van der Waals surface area contributed by atoms with Crippen LogP contribution in [0.3, 0.4) is 0 Å². The smallest absolute Gasteiger partial charge is 0.296 e. The number of ether oxygens (including phenoxy) is 1. The molecule has 0 unspecified atom stereocenters. The minimum absolute atomic E-state index is 2.70. The Labute approximate surface area is 90.5 Å². The number of alkyl halides is 11. The van der Waals surface area contributed by atoms with Crippen molar-refractivity contribution in [2.75, 3.05) is 0 Å². The van der Waals surface area contributed by atoms with Crippen LogP contribution in [0.4, 0.5) is 48.3 Å². The summed E-state index contributed by atoms with van der Waals surface area (Å²) in [6, 6.07) is 0. The lowest BCUT2D eigenvalue weighted by molar-refractivity contribution is -0.410. The minimum Gasteiger partial charge on any atom is -0.296 e. The number of hydrogen-bond acceptors (Lipinski definition) is 1. The fourth-order valence-electron chi connectivity index (χ4n) is 0.922. The van der Waals surface area contributed by atoms with Gasteiger partial charge in [-0.15, -0.1) is 0 Å². The van der Waals surface area contributed by atoms with Crippen molar-refractivity contribution in [3.63, 3.8) is 0 Å². The lowest BCUT2D eigenvalue weighted by atomic mass is 10.00. The molecule has 1 aliphatic heterocycles. The summed E-state index contributed by atoms with van der Waals surface area (Å²) in [5, 5.41) is 0. The number of rotatable bonds is 3. The van der Waals surface area contributed by atoms with Gasteiger partial charge in [0.2, 0.25) is 0 Å². The van der Waals surface area contributed by atoms with Crippen LogP contribution in [0.25, 0.3) is 0 Å². The van der Waals surface area contributed by atoms with Crippen molar-refractivity contribution in [2.24, 2.45) is 0 Å². The quantitative estimate of drug-likeness (QED) is 0.574. The molecule has 12 heteroatoms. The molecule has 1 saturated heterocycles. The van der Waals surface area contributed by atoms with Crippen molar-refractivity contribution >= 4 is 0 Å². The van der Waals surface area contributed by atoms with Gasteiger partial charge in [0.05, 0.1) is 0 Å². The van der Waals surface area contributed by atoms with E-state index in [0.717, 1.165) is 0 Å². The molecule has 0 aliphatic carbocycles. The van der Waals surface area contributed by atoms with E-state index in [2.05, 4.69) is 4.74 Å². The SMILES string of the molecule is F[C@@H]1O[C@@]1(F)C(F)(F)C(F)(F)C(F)(F)C(F)(F)F. The maximum Gasteiger partial charge on any atom is 0.460 e. The van der Waals surface area contributed by atoms with Gasteiger partial charge in [0.1, 0.15) is 0 Å². The monoisotopic (exact) mass is 298 g/mol. The lowest BCUT2D eigenvalue weighted by Gasteiger charge is -2.33. The second-order valence-electron chi connectivity index (χ2n) is 3.30. The van der Waals surface area contributed by atoms with Gasteiger partial charge >= 0.3 is 29.8 Å². The van der Waals surface area contributed by atoms with Crippen molar-refractivity contribution in [1.29, 1.82) is 0 Å². The highest BCUT2D eigenvalue weighted by atomic mass is 19.4. The van der Waals surface area contributed by atoms with E-state index in [0.29, 0.717) is 0 Å². The van der Waals surface area contributed by atoms with Crippen LogP contribution in [0.5, 0.6) is 0 Å². The standard InChI is InChI=1S/C6HF11O/c7-1-2(8,18-1)3(9,10)4(11,12)5(13,14)6(15,16)17/h1H/t1-,2-/m1/s1. The Hall–Kier alpha value is -0.810. The molecule has 0 spiro atoms. The third-order valence-corrected chi connectivity index (χ3v) is 2.08. The Morgan fingerprint density at radius 3 is 1.33 bits per heavy atom. The molecule has 0 aromatic rings. The molecular weight excluding hydrogens is 297 g/mol. The van der Waals surface area contributed by atoms with Crippen LogP contribution in [0, 0.1) is 0 Å². The molecule has 1 heterocycles. The zero-order valence-electron chi connectivity index (χ0n) is 7.64. The van der Waals surface area contributed by atoms with E-state index in [9.17, 15) is 48.3 Å². The Kier molecular flexibility index (Phi) is 2.87. The summed E-state index contributed by atoms with van der Waals surface area (Å²) >= 11 is 0. The summed E-state index contributed by atoms with van der Waals surface area (Å²) < 4.78 is 136. The van der Waals surface area contributed by atoms with Gasteiger partial charge < -0.3 is 0 Å². The molecule has 0 aromatic heterocycles. The summed E-state index contributed by atoms with van der Waals surface area (Å²) in [4.78, 5) is 0. The molecule has 0 radical (unpaired) electrons. The topological polar surface area (TPSA) is 12.5 Å². The van der Waals surface area contributed by atoms with Gasteiger partial charge in [-0.25, -0.2) is 4.39 Å². The highest BCUT2D eigenvalue weighted by Gasteiger charge is 2.92. The molecule has 0 bridgehead atoms. The number of halogens is 11. The lowest BCUT2D eigenvalue weighted by Crippen LogP contribution is -2.65. The third kappa shape index (κ3) is 1.57. The summed E-state index contributed by atoms with van der Waals surface area (Å²) in [7, 11) is 0. The minimum atomic E-state index is -7.27. The highest BCUT2D eigenvalue weighted by Crippen LogP contribution is 2.62. The van der Waals surface area contributed by atoms with Crippen molar-refractivity contribution < 1.29 is 53.0 Å². The van der Waals surface area contributed by atoms with E-state index >= 15 is 0 Å². The van der Waals surface area contributed by atoms with Gasteiger partial charge in [-0.3, -0.25) is 4.74 Å². The third-order valence-electron chi connectivity index (χ3n) is 2.08. The van der Waals surface area contributed by atoms with Crippen molar-refractivity contribution in [1.82, 2.24) is 0 Å². The normalized spacial score (nSPS) is 30.5. The first-order chi connectivity index (χ1) is 7.63. The molecule has 18 heavy (non-hydrogen) atoms. The molecule has 1 fully saturated rings. The molecule has 108 valence electrons. The molecule has 2 atom stereocenters. The van der Waals surface area contributed by atoms with E-state index in [-0.39, 0.29) is 0 Å². The van der Waals surface area contributed by atoms with Gasteiger partial charge in [0.15, 0.2) is 0 Å². The van der Waals surface area contributed by atoms with Crippen molar-refractivity contribution in [3.8, 4) is 0 Å². The summed E-state index contributed by atoms with van der Waals surface area (Å²) in [5.74, 6) is -26.4. The van der Waals surface area contributed by atoms with Crippen molar-refractivity contribution in [2.45, 2.75) is 36.2 Å². The zero-order chi connectivity index (χ0) is 14.8. The van der Waals surface area contributed by atoms with Gasteiger partial charge in [-0.1, -0.05) is 0 Å². The van der Waals surface area contributed by atoms with Crippen LogP contribution in [-0.4, -0.2) is 36.2 Å². The predicted molar refractivity (Wildman–Crippen MR) is 30.7 cm³/mol. The fraction of sp³-hybridized carbons (Fsp3) is 1.00. The summed E-state index contributed by atoms with van der Waals surface area (Å²) in [6.45, 7) is 0. The Morgan fingerprint density at radius 1 is 0.778 bits per heavy atom. The van der Waals surface area contributed by atoms with E-state index in [4.69, 9.17) is 0 Å². The second kappa shape index (κ2) is 3.39. The largest absolute Gasteiger partial charge is 0.460 e. The fourth-order valence-corrected chi connectivity index (χ4v) is 0.922. The molecule has 0 aromatic carbocycles. The van der Waals surface area contributed by atoms with E-state index in [1.54, 1.807) is 0 Å². The first-order valence-corrected chi connectivity index (χ1v) is 3.84. The van der Waals surface area contributed by atoms with E-state index in [1.165, 1.54) is 0 Å². The van der Waals surface area contributed by atoms with Crippen LogP contribution in [-0.2, 0) is 4.74 Å². The molecule has 1 nitrogen and oxygen atoms in total. The maximum absolute atomic E-state index is 12.6. The summed E-state index contributed by atoms with van der Waals surface area (Å²) in [6.07, 6.45) is -10.8. The maximum atomic E-state index is 12.6. The number of hydrogen-bond donors (Lipinski definition) is 0. The van der Waals surface area contributed by atoms with Gasteiger partial charge in [0.25, 0.3) is 6.36 Å². The molecule has 1 rings (SSSR count). The van der Waals surface area contributed by atoms with E-state index < -0.39 is 36.2 Å². The molecule has 0 saturated carbocycles. The van der Waals surface area contributed by atoms with Crippen LogP contribution >= 0.6 is 0 Å². The average molecular weight is 298 g/mol.